The molecule has 106 valence electrons. The highest BCUT2D eigenvalue weighted by Gasteiger charge is 2.21. The van der Waals surface area contributed by atoms with E-state index in [1.807, 2.05) is 26.0 Å². The number of aromatic hydroxyl groups is 1. The lowest BCUT2D eigenvalue weighted by Crippen LogP contribution is -2.14. The van der Waals surface area contributed by atoms with Crippen LogP contribution in [0.2, 0.25) is 0 Å². The minimum Gasteiger partial charge on any atom is -0.507 e. The average Bonchev–Trinajstić information content (AvgIpc) is 2.30. The summed E-state index contributed by atoms with van der Waals surface area (Å²) in [6.07, 6.45) is 0.370. The summed E-state index contributed by atoms with van der Waals surface area (Å²) in [5.74, 6) is -0.563. The van der Waals surface area contributed by atoms with E-state index in [9.17, 15) is 9.90 Å². The number of carboxylic acid groups (broad SMARTS) is 1. The van der Waals surface area contributed by atoms with Crippen LogP contribution in [0.3, 0.4) is 0 Å². The molecule has 1 rings (SSSR count). The van der Waals surface area contributed by atoms with Gasteiger partial charge in [0, 0.05) is 0 Å². The largest absolute Gasteiger partial charge is 0.507 e. The Morgan fingerprint density at radius 1 is 1.05 bits per heavy atom. The number of carboxylic acids is 1. The van der Waals surface area contributed by atoms with Gasteiger partial charge < -0.3 is 10.2 Å². The van der Waals surface area contributed by atoms with Gasteiger partial charge in [-0.3, -0.25) is 4.79 Å². The lowest BCUT2D eigenvalue weighted by atomic mass is 9.87. The number of phenolic OH excluding ortho intramolecular Hbond substituents is 1. The highest BCUT2D eigenvalue weighted by atomic mass is 16.4. The molecule has 0 amide bonds. The number of benzene rings is 1. The fourth-order valence-corrected chi connectivity index (χ4v) is 2.28. The van der Waals surface area contributed by atoms with Crippen LogP contribution in [0, 0.1) is 5.92 Å². The molecular weight excluding hydrogens is 240 g/mol. The van der Waals surface area contributed by atoms with Gasteiger partial charge in [-0.2, -0.15) is 0 Å². The van der Waals surface area contributed by atoms with Crippen molar-refractivity contribution in [2.75, 3.05) is 0 Å². The molecule has 1 aromatic rings. The number of carbonyl (C=O) groups is 1. The molecule has 0 aliphatic rings. The molecule has 19 heavy (non-hydrogen) atoms. The summed E-state index contributed by atoms with van der Waals surface area (Å²) in [4.78, 5) is 11.0. The Balaban J connectivity index is 3.30. The molecule has 0 radical (unpaired) electrons. The Morgan fingerprint density at radius 3 is 1.95 bits per heavy atom. The van der Waals surface area contributed by atoms with E-state index in [0.717, 1.165) is 16.7 Å². The normalized spacial score (nSPS) is 13.0. The van der Waals surface area contributed by atoms with Gasteiger partial charge in [0.05, 0.1) is 5.92 Å². The summed E-state index contributed by atoms with van der Waals surface area (Å²) < 4.78 is 0. The van der Waals surface area contributed by atoms with E-state index in [2.05, 4.69) is 13.8 Å². The first-order chi connectivity index (χ1) is 8.75. The first kappa shape index (κ1) is 15.5. The summed E-state index contributed by atoms with van der Waals surface area (Å²) in [7, 11) is 0. The van der Waals surface area contributed by atoms with Crippen molar-refractivity contribution in [1.29, 1.82) is 0 Å². The van der Waals surface area contributed by atoms with Gasteiger partial charge in [-0.1, -0.05) is 46.8 Å². The van der Waals surface area contributed by atoms with E-state index < -0.39 is 11.9 Å². The molecule has 0 aliphatic carbocycles. The molecule has 0 saturated carbocycles. The fraction of sp³-hybridized carbons (Fsp3) is 0.562. The van der Waals surface area contributed by atoms with E-state index in [-0.39, 0.29) is 17.6 Å². The average molecular weight is 264 g/mol. The smallest absolute Gasteiger partial charge is 0.306 e. The van der Waals surface area contributed by atoms with E-state index in [1.54, 1.807) is 6.92 Å². The van der Waals surface area contributed by atoms with E-state index >= 15 is 0 Å². The monoisotopic (exact) mass is 264 g/mol. The molecule has 2 N–H and O–H groups in total. The Morgan fingerprint density at radius 2 is 1.53 bits per heavy atom. The van der Waals surface area contributed by atoms with Gasteiger partial charge in [0.15, 0.2) is 0 Å². The molecule has 3 heteroatoms. The van der Waals surface area contributed by atoms with Crippen LogP contribution in [0.5, 0.6) is 5.75 Å². The number of phenols is 1. The lowest BCUT2D eigenvalue weighted by molar-refractivity contribution is -0.141. The van der Waals surface area contributed by atoms with Crippen LogP contribution < -0.4 is 0 Å². The van der Waals surface area contributed by atoms with Crippen LogP contribution in [0.1, 0.15) is 63.1 Å². The maximum Gasteiger partial charge on any atom is 0.306 e. The van der Waals surface area contributed by atoms with Crippen LogP contribution in [0.4, 0.5) is 0 Å². The van der Waals surface area contributed by atoms with Crippen molar-refractivity contribution in [1.82, 2.24) is 0 Å². The number of aliphatic carboxylic acids is 1. The van der Waals surface area contributed by atoms with Gasteiger partial charge in [-0.15, -0.1) is 0 Å². The molecule has 3 nitrogen and oxygen atoms in total. The first-order valence-electron chi connectivity index (χ1n) is 6.83. The Kier molecular flexibility index (Phi) is 4.98. The predicted octanol–water partition coefficient (Wildman–Crippen LogP) is 3.90. The second kappa shape index (κ2) is 6.09. The number of hydrogen-bond acceptors (Lipinski definition) is 2. The van der Waals surface area contributed by atoms with Crippen molar-refractivity contribution in [2.24, 2.45) is 5.92 Å². The van der Waals surface area contributed by atoms with Crippen molar-refractivity contribution in [3.8, 4) is 5.75 Å². The number of hydrogen-bond donors (Lipinski definition) is 2. The predicted molar refractivity (Wildman–Crippen MR) is 76.8 cm³/mol. The topological polar surface area (TPSA) is 57.5 Å². The fourth-order valence-electron chi connectivity index (χ4n) is 2.28. The summed E-state index contributed by atoms with van der Waals surface area (Å²) in [5, 5.41) is 19.5. The molecule has 1 atom stereocenters. The van der Waals surface area contributed by atoms with Crippen LogP contribution in [-0.4, -0.2) is 16.2 Å². The molecule has 1 aromatic carbocycles. The molecule has 0 spiro atoms. The van der Waals surface area contributed by atoms with Crippen molar-refractivity contribution in [3.05, 3.63) is 28.8 Å². The molecule has 0 bridgehead atoms. The van der Waals surface area contributed by atoms with Gasteiger partial charge in [-0.25, -0.2) is 0 Å². The minimum absolute atomic E-state index is 0.222. The second-order valence-electron chi connectivity index (χ2n) is 5.82. The molecule has 0 saturated heterocycles. The van der Waals surface area contributed by atoms with E-state index in [4.69, 9.17) is 5.11 Å². The quantitative estimate of drug-likeness (QED) is 0.848. The van der Waals surface area contributed by atoms with Crippen LogP contribution in [-0.2, 0) is 11.2 Å². The third-order valence-electron chi connectivity index (χ3n) is 3.53. The summed E-state index contributed by atoms with van der Waals surface area (Å²) >= 11 is 0. The van der Waals surface area contributed by atoms with Gasteiger partial charge in [-0.05, 0) is 34.9 Å². The van der Waals surface area contributed by atoms with Gasteiger partial charge >= 0.3 is 5.97 Å². The lowest BCUT2D eigenvalue weighted by Gasteiger charge is -2.20. The maximum atomic E-state index is 11.0. The van der Waals surface area contributed by atoms with Crippen molar-refractivity contribution in [3.63, 3.8) is 0 Å². The van der Waals surface area contributed by atoms with E-state index in [0.29, 0.717) is 6.42 Å². The summed E-state index contributed by atoms with van der Waals surface area (Å²) in [6.45, 7) is 9.83. The van der Waals surface area contributed by atoms with Gasteiger partial charge in [0.2, 0.25) is 0 Å². The molecule has 0 fully saturated rings. The molecular formula is C16H24O3. The standard InChI is InChI=1S/C16H24O3/c1-9(2)12-6-7-13(10(3)4)15(17)14(12)8-11(5)16(18)19/h6-7,9-11,17H,8H2,1-5H3,(H,18,19). The van der Waals surface area contributed by atoms with Crippen LogP contribution >= 0.6 is 0 Å². The minimum atomic E-state index is -0.830. The third-order valence-corrected chi connectivity index (χ3v) is 3.53. The van der Waals surface area contributed by atoms with Crippen molar-refractivity contribution >= 4 is 5.97 Å². The van der Waals surface area contributed by atoms with Crippen molar-refractivity contribution in [2.45, 2.75) is 52.9 Å². The molecule has 0 aromatic heterocycles. The Bertz CT molecular complexity index is 461. The Hall–Kier alpha value is -1.51. The first-order valence-corrected chi connectivity index (χ1v) is 6.83. The summed E-state index contributed by atoms with van der Waals surface area (Å²) in [5.41, 5.74) is 2.71. The molecule has 1 unspecified atom stereocenters. The summed E-state index contributed by atoms with van der Waals surface area (Å²) in [6, 6.07) is 3.97. The highest BCUT2D eigenvalue weighted by Crippen LogP contribution is 2.35. The zero-order valence-corrected chi connectivity index (χ0v) is 12.4. The van der Waals surface area contributed by atoms with Crippen molar-refractivity contribution < 1.29 is 15.0 Å². The van der Waals surface area contributed by atoms with Gasteiger partial charge in [0.25, 0.3) is 0 Å². The number of rotatable bonds is 5. The second-order valence-corrected chi connectivity index (χ2v) is 5.82. The highest BCUT2D eigenvalue weighted by molar-refractivity contribution is 5.70. The van der Waals surface area contributed by atoms with Crippen LogP contribution in [0.25, 0.3) is 0 Å². The van der Waals surface area contributed by atoms with Gasteiger partial charge in [0.1, 0.15) is 5.75 Å². The molecule has 0 aliphatic heterocycles. The Labute approximate surface area is 115 Å². The SMILES string of the molecule is CC(Cc1c(C(C)C)ccc(C(C)C)c1O)C(=O)O. The van der Waals surface area contributed by atoms with E-state index in [1.165, 1.54) is 0 Å². The maximum absolute atomic E-state index is 11.0. The van der Waals surface area contributed by atoms with Crippen LogP contribution in [0.15, 0.2) is 12.1 Å². The molecule has 0 heterocycles. The zero-order chi connectivity index (χ0) is 14.7. The third kappa shape index (κ3) is 3.49. The zero-order valence-electron chi connectivity index (χ0n) is 12.4.